The first kappa shape index (κ1) is 22.9. The van der Waals surface area contributed by atoms with E-state index in [0.717, 1.165) is 57.8 Å². The summed E-state index contributed by atoms with van der Waals surface area (Å²) in [5, 5.41) is 4.56. The molecule has 0 unspecified atom stereocenters. The first-order chi connectivity index (χ1) is 17.3. The van der Waals surface area contributed by atoms with Crippen LogP contribution in [0.2, 0.25) is 0 Å². The third-order valence-corrected chi connectivity index (χ3v) is 6.31. The second kappa shape index (κ2) is 11.0. The van der Waals surface area contributed by atoms with Crippen LogP contribution in [0, 0.1) is 0 Å². The highest BCUT2D eigenvalue weighted by molar-refractivity contribution is 5.84. The Hall–Kier alpha value is -3.92. The van der Waals surface area contributed by atoms with Gasteiger partial charge in [-0.1, -0.05) is 81.1 Å². The first-order valence-electron chi connectivity index (χ1n) is 12.7. The zero-order valence-corrected chi connectivity index (χ0v) is 20.3. The van der Waals surface area contributed by atoms with Crippen molar-refractivity contribution in [1.82, 2.24) is 9.55 Å². The van der Waals surface area contributed by atoms with Crippen molar-refractivity contribution in [1.29, 1.82) is 0 Å². The average molecular weight is 461 g/mol. The summed E-state index contributed by atoms with van der Waals surface area (Å²) in [7, 11) is 0. The van der Waals surface area contributed by atoms with Crippen molar-refractivity contribution < 1.29 is 0 Å². The van der Waals surface area contributed by atoms with Gasteiger partial charge in [-0.3, -0.25) is 4.99 Å². The number of nitrogens with one attached hydrogen (secondary N) is 1. The normalized spacial score (nSPS) is 11.9. The predicted octanol–water partition coefficient (Wildman–Crippen LogP) is 7.75. The van der Waals surface area contributed by atoms with E-state index in [9.17, 15) is 0 Å². The number of anilines is 2. The van der Waals surface area contributed by atoms with Gasteiger partial charge in [0.05, 0.1) is 33.5 Å². The average Bonchev–Trinajstić information content (AvgIpc) is 2.90. The van der Waals surface area contributed by atoms with Crippen molar-refractivity contribution in [3.8, 4) is 17.1 Å². The van der Waals surface area contributed by atoms with E-state index >= 15 is 0 Å². The molecule has 0 saturated carbocycles. The maximum absolute atomic E-state index is 5.06. The fraction of sp³-hybridized carbons (Fsp3) is 0.226. The molecule has 1 N–H and O–H groups in total. The molecule has 0 spiro atoms. The summed E-state index contributed by atoms with van der Waals surface area (Å²) >= 11 is 0. The van der Waals surface area contributed by atoms with E-state index in [1.165, 1.54) is 25.7 Å². The van der Waals surface area contributed by atoms with Crippen molar-refractivity contribution in [2.24, 2.45) is 4.99 Å². The minimum absolute atomic E-state index is 0.824. The number of aromatic nitrogens is 2. The number of fused-ring (bicyclic) bond motifs is 2. The molecule has 0 radical (unpaired) electrons. The number of rotatable bonds is 9. The molecule has 0 aromatic heterocycles. The highest BCUT2D eigenvalue weighted by atomic mass is 15.0. The van der Waals surface area contributed by atoms with Gasteiger partial charge in [-0.25, -0.2) is 4.98 Å². The molecule has 0 atom stereocenters. The summed E-state index contributed by atoms with van der Waals surface area (Å²) in [6, 6.07) is 33.4. The number of hydrogen-bond acceptors (Lipinski definition) is 3. The highest BCUT2D eigenvalue weighted by Gasteiger charge is 2.16. The molecule has 1 aliphatic heterocycles. The quantitative estimate of drug-likeness (QED) is 0.180. The summed E-state index contributed by atoms with van der Waals surface area (Å²) in [4.78, 5) is 10.1. The van der Waals surface area contributed by atoms with Crippen LogP contribution in [0.5, 0.6) is 0 Å². The Kier molecular flexibility index (Phi) is 7.18. The van der Waals surface area contributed by atoms with E-state index in [2.05, 4.69) is 89.6 Å². The largest absolute Gasteiger partial charge is 0.354 e. The molecule has 3 aromatic carbocycles. The highest BCUT2D eigenvalue weighted by Crippen LogP contribution is 2.30. The molecule has 2 aliphatic rings. The lowest BCUT2D eigenvalue weighted by Gasteiger charge is -2.20. The van der Waals surface area contributed by atoms with Gasteiger partial charge in [0.2, 0.25) is 0 Å². The van der Waals surface area contributed by atoms with E-state index in [0.29, 0.717) is 0 Å². The molecule has 0 saturated heterocycles. The van der Waals surface area contributed by atoms with E-state index in [4.69, 9.17) is 9.98 Å². The third kappa shape index (κ3) is 5.27. The van der Waals surface area contributed by atoms with Crippen LogP contribution in [-0.4, -0.2) is 16.1 Å². The van der Waals surface area contributed by atoms with Crippen molar-refractivity contribution in [3.63, 3.8) is 0 Å². The minimum atomic E-state index is 0.824. The third-order valence-electron chi connectivity index (χ3n) is 6.31. The van der Waals surface area contributed by atoms with Gasteiger partial charge in [0.15, 0.2) is 0 Å². The van der Waals surface area contributed by atoms with Gasteiger partial charge in [0.1, 0.15) is 0 Å². The van der Waals surface area contributed by atoms with Crippen LogP contribution in [0.1, 0.15) is 39.0 Å². The van der Waals surface area contributed by atoms with Gasteiger partial charge in [0.25, 0.3) is 0 Å². The lowest BCUT2D eigenvalue weighted by atomic mass is 10.1. The van der Waals surface area contributed by atoms with Gasteiger partial charge in [-0.2, -0.15) is 0 Å². The predicted molar refractivity (Wildman–Crippen MR) is 147 cm³/mol. The van der Waals surface area contributed by atoms with E-state index in [1.54, 1.807) is 0 Å². The van der Waals surface area contributed by atoms with Crippen molar-refractivity contribution in [2.45, 2.75) is 39.0 Å². The van der Waals surface area contributed by atoms with E-state index < -0.39 is 0 Å². The summed E-state index contributed by atoms with van der Waals surface area (Å²) in [6.07, 6.45) is 6.17. The van der Waals surface area contributed by atoms with Gasteiger partial charge in [-0.15, -0.1) is 0 Å². The molecule has 5 rings (SSSR count). The fourth-order valence-corrected chi connectivity index (χ4v) is 4.52. The molecule has 0 bridgehead atoms. The van der Waals surface area contributed by atoms with Crippen molar-refractivity contribution >= 4 is 22.4 Å². The van der Waals surface area contributed by atoms with Crippen LogP contribution in [0.25, 0.3) is 28.1 Å². The Bertz CT molecular complexity index is 1420. The maximum atomic E-state index is 5.06. The summed E-state index contributed by atoms with van der Waals surface area (Å²) in [5.41, 5.74) is 7.19. The number of unbranched alkanes of at least 4 members (excludes halogenated alkanes) is 4. The van der Waals surface area contributed by atoms with Gasteiger partial charge in [0, 0.05) is 17.9 Å². The topological polar surface area (TPSA) is 42.2 Å². The number of hydrogen-bond donors (Lipinski definition) is 1. The van der Waals surface area contributed by atoms with Gasteiger partial charge >= 0.3 is 0 Å². The lowest BCUT2D eigenvalue weighted by molar-refractivity contribution is 0.635. The Morgan fingerprint density at radius 3 is 2.29 bits per heavy atom. The zero-order chi connectivity index (χ0) is 23.9. The summed E-state index contributed by atoms with van der Waals surface area (Å²) in [6.45, 7) is 3.08. The molecule has 35 heavy (non-hydrogen) atoms. The number of para-hydroxylation sites is 4. The molecule has 0 amide bonds. The van der Waals surface area contributed by atoms with E-state index in [1.807, 2.05) is 24.3 Å². The maximum Gasteiger partial charge on any atom is 0.0900 e. The zero-order valence-electron chi connectivity index (χ0n) is 20.3. The molecule has 176 valence electrons. The molecule has 0 fully saturated rings. The van der Waals surface area contributed by atoms with Crippen LogP contribution in [0.15, 0.2) is 102 Å². The second-order valence-electron chi connectivity index (χ2n) is 8.92. The molecule has 4 heteroatoms. The van der Waals surface area contributed by atoms with Crippen LogP contribution in [0.4, 0.5) is 11.4 Å². The van der Waals surface area contributed by atoms with Crippen LogP contribution in [-0.2, 0) is 0 Å². The van der Waals surface area contributed by atoms with Crippen LogP contribution >= 0.6 is 0 Å². The Labute approximate surface area is 207 Å². The Morgan fingerprint density at radius 1 is 0.771 bits per heavy atom. The van der Waals surface area contributed by atoms with Gasteiger partial charge in [-0.05, 0) is 55.0 Å². The first-order valence-corrected chi connectivity index (χ1v) is 12.7. The summed E-state index contributed by atoms with van der Waals surface area (Å²) < 4.78 is 2.30. The minimum Gasteiger partial charge on any atom is -0.354 e. The summed E-state index contributed by atoms with van der Waals surface area (Å²) in [5.74, 6) is 0. The Morgan fingerprint density at radius 2 is 1.49 bits per heavy atom. The van der Waals surface area contributed by atoms with Crippen LogP contribution < -0.4 is 10.7 Å². The van der Waals surface area contributed by atoms with Gasteiger partial charge < -0.3 is 9.88 Å². The molecule has 1 aliphatic carbocycles. The van der Waals surface area contributed by atoms with Crippen LogP contribution in [0.3, 0.4) is 0 Å². The number of nitrogens with zero attached hydrogens (tertiary/aromatic N) is 3. The molecular formula is C31H32N4. The van der Waals surface area contributed by atoms with Crippen molar-refractivity contribution in [2.75, 3.05) is 11.9 Å². The lowest BCUT2D eigenvalue weighted by Crippen LogP contribution is -2.15. The number of benzene rings is 4. The fourth-order valence-electron chi connectivity index (χ4n) is 4.52. The second-order valence-corrected chi connectivity index (χ2v) is 8.92. The smallest absolute Gasteiger partial charge is 0.0900 e. The molecular weight excluding hydrogens is 428 g/mol. The molecule has 1 heterocycles. The Balaban J connectivity index is 1.66. The van der Waals surface area contributed by atoms with E-state index in [-0.39, 0.29) is 0 Å². The molecule has 4 nitrogen and oxygen atoms in total. The monoisotopic (exact) mass is 460 g/mol. The standard InChI is InChI=1S/C31H32N4/c1-2-3-4-5-14-21-32-27-23-31-29(22-28(27)33-24-15-8-6-9-16-24)34-26-19-12-13-20-30(26)35(31)25-17-10-7-11-18-25/h6-13,15-20,22-23,33H,2-5,14,21H2,1H3. The van der Waals surface area contributed by atoms with Crippen molar-refractivity contribution in [3.05, 3.63) is 102 Å². The molecule has 3 aromatic rings. The SMILES string of the molecule is CCCCCCCN=c1cc2n(-c3ccccc3)c3ccccc3nc-2cc1Nc1ccccc1.